The Balaban J connectivity index is 2.02. The second-order valence-electron chi connectivity index (χ2n) is 5.01. The van der Waals surface area contributed by atoms with Crippen LogP contribution in [-0.2, 0) is 0 Å². The van der Waals surface area contributed by atoms with E-state index in [9.17, 15) is 9.50 Å². The smallest absolute Gasteiger partial charge is 0.153 e. The zero-order valence-corrected chi connectivity index (χ0v) is 11.8. The van der Waals surface area contributed by atoms with Crippen LogP contribution in [0.5, 0.6) is 0 Å². The van der Waals surface area contributed by atoms with Crippen LogP contribution in [0.2, 0.25) is 5.02 Å². The molecule has 3 rings (SSSR count). The summed E-state index contributed by atoms with van der Waals surface area (Å²) in [5.74, 6) is 0.318. The average Bonchev–Trinajstić information content (AvgIpc) is 2.84. The highest BCUT2D eigenvalue weighted by Crippen LogP contribution is 2.39. The summed E-state index contributed by atoms with van der Waals surface area (Å²) in [7, 11) is 0. The molecule has 1 saturated heterocycles. The van der Waals surface area contributed by atoms with E-state index < -0.39 is 6.10 Å². The number of benzene rings is 1. The first-order valence-electron chi connectivity index (χ1n) is 6.52. The fraction of sp³-hybridized carbons (Fsp3) is 0.286. The number of halogens is 2. The van der Waals surface area contributed by atoms with Gasteiger partial charge in [-0.1, -0.05) is 23.7 Å². The Morgan fingerprint density at radius 2 is 2.19 bits per heavy atom. The van der Waals surface area contributed by atoms with E-state index in [-0.39, 0.29) is 22.7 Å². The number of rotatable bonds is 2. The first-order valence-corrected chi connectivity index (χ1v) is 6.90. The molecule has 1 aliphatic heterocycles. The number of aliphatic hydroxyl groups excluding tert-OH is 1. The minimum Gasteiger partial charge on any atom is -0.391 e. The molecule has 5 nitrogen and oxygen atoms in total. The summed E-state index contributed by atoms with van der Waals surface area (Å²) in [6.45, 7) is 0.358. The highest BCUT2D eigenvalue weighted by Gasteiger charge is 2.34. The lowest BCUT2D eigenvalue weighted by Gasteiger charge is -2.26. The standard InChI is InChI=1S/C14H14ClFN4O/c15-12-13(17)18-7-19-14(12)20-6-10(21)5-11(20)8-2-1-3-9(16)4-8/h1-4,7,10-11,21H,5-6H2,(H2,17,18,19)/t10-,11+/m1/s1. The van der Waals surface area contributed by atoms with Gasteiger partial charge in [-0.3, -0.25) is 0 Å². The van der Waals surface area contributed by atoms with Crippen molar-refractivity contribution in [1.82, 2.24) is 9.97 Å². The lowest BCUT2D eigenvalue weighted by Crippen LogP contribution is -2.26. The minimum absolute atomic E-state index is 0.182. The number of nitrogens with two attached hydrogens (primary N) is 1. The summed E-state index contributed by atoms with van der Waals surface area (Å²) in [5, 5.41) is 10.2. The number of nitrogen functional groups attached to an aromatic ring is 1. The molecule has 1 fully saturated rings. The largest absolute Gasteiger partial charge is 0.391 e. The molecule has 2 aromatic rings. The Kier molecular flexibility index (Phi) is 3.65. The van der Waals surface area contributed by atoms with Gasteiger partial charge in [-0.2, -0.15) is 0 Å². The maximum Gasteiger partial charge on any atom is 0.153 e. The molecule has 0 bridgehead atoms. The Morgan fingerprint density at radius 3 is 2.95 bits per heavy atom. The van der Waals surface area contributed by atoms with Crippen molar-refractivity contribution in [1.29, 1.82) is 0 Å². The van der Waals surface area contributed by atoms with Crippen LogP contribution in [-0.4, -0.2) is 27.7 Å². The number of anilines is 2. The topological polar surface area (TPSA) is 75.3 Å². The molecule has 2 heterocycles. The van der Waals surface area contributed by atoms with Crippen molar-refractivity contribution < 1.29 is 9.50 Å². The van der Waals surface area contributed by atoms with Crippen LogP contribution in [0.4, 0.5) is 16.0 Å². The molecule has 1 aliphatic rings. The van der Waals surface area contributed by atoms with Crippen LogP contribution in [0.1, 0.15) is 18.0 Å². The van der Waals surface area contributed by atoms with E-state index in [0.717, 1.165) is 5.56 Å². The molecule has 110 valence electrons. The Labute approximate surface area is 126 Å². The second kappa shape index (κ2) is 5.46. The van der Waals surface area contributed by atoms with Crippen LogP contribution in [0, 0.1) is 5.82 Å². The van der Waals surface area contributed by atoms with E-state index in [1.165, 1.54) is 18.5 Å². The molecule has 0 saturated carbocycles. The van der Waals surface area contributed by atoms with Crippen LogP contribution in [0.25, 0.3) is 0 Å². The monoisotopic (exact) mass is 308 g/mol. The molecule has 1 aromatic heterocycles. The number of aromatic nitrogens is 2. The van der Waals surface area contributed by atoms with Crippen molar-refractivity contribution in [2.24, 2.45) is 0 Å². The molecule has 0 spiro atoms. The number of hydrogen-bond donors (Lipinski definition) is 2. The summed E-state index contributed by atoms with van der Waals surface area (Å²) in [6.07, 6.45) is 1.26. The molecule has 1 aromatic carbocycles. The number of β-amino-alcohol motifs (C(OH)–C–C–N with tert-alkyl or cyclic N) is 1. The minimum atomic E-state index is -0.537. The SMILES string of the molecule is Nc1ncnc(N2C[C@H](O)C[C@H]2c2cccc(F)c2)c1Cl. The van der Waals surface area contributed by atoms with Crippen LogP contribution in [0.3, 0.4) is 0 Å². The maximum atomic E-state index is 13.4. The molecule has 0 amide bonds. The zero-order valence-electron chi connectivity index (χ0n) is 11.1. The van der Waals surface area contributed by atoms with E-state index in [1.54, 1.807) is 6.07 Å². The quantitative estimate of drug-likeness (QED) is 0.889. The normalized spacial score (nSPS) is 21.8. The van der Waals surface area contributed by atoms with Crippen molar-refractivity contribution in [3.05, 3.63) is 47.0 Å². The van der Waals surface area contributed by atoms with Crippen LogP contribution < -0.4 is 10.6 Å². The fourth-order valence-corrected chi connectivity index (χ4v) is 2.86. The van der Waals surface area contributed by atoms with Gasteiger partial charge < -0.3 is 15.7 Å². The molecule has 21 heavy (non-hydrogen) atoms. The van der Waals surface area contributed by atoms with Crippen molar-refractivity contribution in [3.63, 3.8) is 0 Å². The van der Waals surface area contributed by atoms with Gasteiger partial charge in [0.05, 0.1) is 12.1 Å². The van der Waals surface area contributed by atoms with Gasteiger partial charge in [0, 0.05) is 6.54 Å². The first-order chi connectivity index (χ1) is 10.1. The summed E-state index contributed by atoms with van der Waals surface area (Å²) < 4.78 is 13.4. The van der Waals surface area contributed by atoms with E-state index in [2.05, 4.69) is 9.97 Å². The van der Waals surface area contributed by atoms with Gasteiger partial charge in [-0.25, -0.2) is 14.4 Å². The third-order valence-electron chi connectivity index (χ3n) is 3.58. The number of aliphatic hydroxyl groups is 1. The summed E-state index contributed by atoms with van der Waals surface area (Å²) in [6, 6.07) is 6.09. The Hall–Kier alpha value is -1.92. The summed E-state index contributed by atoms with van der Waals surface area (Å²) in [5.41, 5.74) is 6.46. The first kappa shape index (κ1) is 14.0. The third-order valence-corrected chi connectivity index (χ3v) is 3.95. The van der Waals surface area contributed by atoms with Crippen molar-refractivity contribution in [2.45, 2.75) is 18.6 Å². The predicted octanol–water partition coefficient (Wildman–Crippen LogP) is 2.16. The maximum absolute atomic E-state index is 13.4. The van der Waals surface area contributed by atoms with E-state index in [4.69, 9.17) is 17.3 Å². The third kappa shape index (κ3) is 2.64. The molecule has 7 heteroatoms. The molecule has 2 atom stereocenters. The van der Waals surface area contributed by atoms with Gasteiger partial charge in [0.15, 0.2) is 5.82 Å². The number of nitrogens with zero attached hydrogens (tertiary/aromatic N) is 3. The molecule has 3 N–H and O–H groups in total. The van der Waals surface area contributed by atoms with Crippen LogP contribution >= 0.6 is 11.6 Å². The highest BCUT2D eigenvalue weighted by atomic mass is 35.5. The zero-order chi connectivity index (χ0) is 15.0. The summed E-state index contributed by atoms with van der Waals surface area (Å²) >= 11 is 6.16. The van der Waals surface area contributed by atoms with Gasteiger partial charge in [0.2, 0.25) is 0 Å². The van der Waals surface area contributed by atoms with Crippen LogP contribution in [0.15, 0.2) is 30.6 Å². The van der Waals surface area contributed by atoms with E-state index >= 15 is 0 Å². The van der Waals surface area contributed by atoms with Gasteiger partial charge in [0.1, 0.15) is 23.0 Å². The predicted molar refractivity (Wildman–Crippen MR) is 78.6 cm³/mol. The lowest BCUT2D eigenvalue weighted by molar-refractivity contribution is 0.194. The summed E-state index contributed by atoms with van der Waals surface area (Å²) in [4.78, 5) is 9.81. The van der Waals surface area contributed by atoms with Gasteiger partial charge >= 0.3 is 0 Å². The molecule has 0 radical (unpaired) electrons. The van der Waals surface area contributed by atoms with Crippen molar-refractivity contribution in [3.8, 4) is 0 Å². The van der Waals surface area contributed by atoms with Crippen molar-refractivity contribution >= 4 is 23.2 Å². The fourth-order valence-electron chi connectivity index (χ4n) is 2.65. The van der Waals surface area contributed by atoms with E-state index in [1.807, 2.05) is 11.0 Å². The molecular formula is C14H14ClFN4O. The lowest BCUT2D eigenvalue weighted by atomic mass is 10.0. The average molecular weight is 309 g/mol. The second-order valence-corrected chi connectivity index (χ2v) is 5.39. The van der Waals surface area contributed by atoms with Gasteiger partial charge in [-0.05, 0) is 24.1 Å². The van der Waals surface area contributed by atoms with Gasteiger partial charge in [0.25, 0.3) is 0 Å². The number of hydrogen-bond acceptors (Lipinski definition) is 5. The molecular weight excluding hydrogens is 295 g/mol. The van der Waals surface area contributed by atoms with Crippen molar-refractivity contribution in [2.75, 3.05) is 17.2 Å². The Morgan fingerprint density at radius 1 is 1.38 bits per heavy atom. The molecule has 0 unspecified atom stereocenters. The highest BCUT2D eigenvalue weighted by molar-refractivity contribution is 6.35. The van der Waals surface area contributed by atoms with E-state index in [0.29, 0.717) is 18.8 Å². The van der Waals surface area contributed by atoms with Gasteiger partial charge in [-0.15, -0.1) is 0 Å². The Bertz CT molecular complexity index is 669. The molecule has 0 aliphatic carbocycles.